The summed E-state index contributed by atoms with van der Waals surface area (Å²) >= 11 is 0. The first kappa shape index (κ1) is 19.1. The number of hydrogen-bond acceptors (Lipinski definition) is 4. The van der Waals surface area contributed by atoms with Crippen molar-refractivity contribution >= 4 is 11.8 Å². The van der Waals surface area contributed by atoms with Crippen molar-refractivity contribution in [1.82, 2.24) is 24.7 Å². The van der Waals surface area contributed by atoms with Gasteiger partial charge in [0.05, 0.1) is 23.6 Å². The SMILES string of the molecule is CCN1CCCCC1C(=O)N1CCC2(CC1)c1nc[nH]c1CCN2C(=O)C1CC1. The minimum atomic E-state index is -0.332. The van der Waals surface area contributed by atoms with Crippen LogP contribution in [0.1, 0.15) is 63.3 Å². The molecule has 7 nitrogen and oxygen atoms in total. The lowest BCUT2D eigenvalue weighted by atomic mass is 9.78. The van der Waals surface area contributed by atoms with Crippen molar-refractivity contribution in [3.05, 3.63) is 17.7 Å². The van der Waals surface area contributed by atoms with Crippen LogP contribution in [0.15, 0.2) is 6.33 Å². The second kappa shape index (κ2) is 7.42. The fraction of sp³-hybridized carbons (Fsp3) is 0.773. The van der Waals surface area contributed by atoms with Crippen molar-refractivity contribution in [1.29, 1.82) is 0 Å². The molecule has 7 heteroatoms. The zero-order valence-corrected chi connectivity index (χ0v) is 17.5. The van der Waals surface area contributed by atoms with Gasteiger partial charge < -0.3 is 14.8 Å². The Balaban J connectivity index is 1.35. The summed E-state index contributed by atoms with van der Waals surface area (Å²) in [6.07, 6.45) is 9.59. The van der Waals surface area contributed by atoms with Gasteiger partial charge in [0.15, 0.2) is 0 Å². The number of piperidine rings is 2. The van der Waals surface area contributed by atoms with Gasteiger partial charge in [0.25, 0.3) is 0 Å². The summed E-state index contributed by atoms with van der Waals surface area (Å²) in [7, 11) is 0. The van der Waals surface area contributed by atoms with E-state index in [4.69, 9.17) is 0 Å². The van der Waals surface area contributed by atoms with Gasteiger partial charge in [0.1, 0.15) is 0 Å². The van der Waals surface area contributed by atoms with E-state index in [1.165, 1.54) is 12.1 Å². The molecule has 0 radical (unpaired) electrons. The van der Waals surface area contributed by atoms with Crippen molar-refractivity contribution in [3.8, 4) is 0 Å². The van der Waals surface area contributed by atoms with Crippen LogP contribution in [0, 0.1) is 5.92 Å². The normalized spacial score (nSPS) is 27.1. The number of nitrogens with zero attached hydrogens (tertiary/aromatic N) is 4. The smallest absolute Gasteiger partial charge is 0.239 e. The molecule has 1 unspecified atom stereocenters. The largest absolute Gasteiger partial charge is 0.348 e. The van der Waals surface area contributed by atoms with Crippen LogP contribution < -0.4 is 0 Å². The van der Waals surface area contributed by atoms with E-state index >= 15 is 0 Å². The fourth-order valence-corrected chi connectivity index (χ4v) is 5.81. The molecule has 1 aliphatic carbocycles. The maximum atomic E-state index is 13.3. The van der Waals surface area contributed by atoms with Crippen molar-refractivity contribution in [2.24, 2.45) is 5.92 Å². The molecule has 0 bridgehead atoms. The maximum Gasteiger partial charge on any atom is 0.239 e. The lowest BCUT2D eigenvalue weighted by Gasteiger charge is -2.51. The first-order chi connectivity index (χ1) is 14.1. The number of fused-ring (bicyclic) bond motifs is 2. The molecule has 0 aromatic carbocycles. The quantitative estimate of drug-likeness (QED) is 0.843. The van der Waals surface area contributed by atoms with Crippen molar-refractivity contribution in [2.45, 2.75) is 69.9 Å². The molecule has 1 aromatic heterocycles. The second-order valence-electron chi connectivity index (χ2n) is 9.24. The number of hydrogen-bond donors (Lipinski definition) is 1. The molecule has 2 saturated heterocycles. The van der Waals surface area contributed by atoms with E-state index in [0.29, 0.717) is 24.9 Å². The fourth-order valence-electron chi connectivity index (χ4n) is 5.81. The Morgan fingerprint density at radius 2 is 1.90 bits per heavy atom. The van der Waals surface area contributed by atoms with Crippen LogP contribution in [0.2, 0.25) is 0 Å². The molecule has 1 saturated carbocycles. The molecule has 5 rings (SSSR count). The van der Waals surface area contributed by atoms with E-state index in [2.05, 4.69) is 31.6 Å². The van der Waals surface area contributed by atoms with Gasteiger partial charge in [0.2, 0.25) is 11.8 Å². The summed E-state index contributed by atoms with van der Waals surface area (Å²) < 4.78 is 0. The van der Waals surface area contributed by atoms with Crippen LogP contribution in [0.5, 0.6) is 0 Å². The molecule has 4 heterocycles. The Morgan fingerprint density at radius 1 is 1.10 bits per heavy atom. The molecule has 1 N–H and O–H groups in total. The van der Waals surface area contributed by atoms with E-state index in [1.54, 1.807) is 6.33 Å². The van der Waals surface area contributed by atoms with E-state index in [-0.39, 0.29) is 17.5 Å². The zero-order valence-electron chi connectivity index (χ0n) is 17.5. The van der Waals surface area contributed by atoms with Gasteiger partial charge in [-0.05, 0) is 51.6 Å². The summed E-state index contributed by atoms with van der Waals surface area (Å²) in [5, 5.41) is 0. The number of rotatable bonds is 3. The number of imidazole rings is 1. The summed E-state index contributed by atoms with van der Waals surface area (Å²) in [6, 6.07) is 0.0410. The number of aromatic amines is 1. The highest BCUT2D eigenvalue weighted by Gasteiger charge is 2.51. The van der Waals surface area contributed by atoms with Gasteiger partial charge in [-0.1, -0.05) is 13.3 Å². The molecule has 29 heavy (non-hydrogen) atoms. The molecule has 158 valence electrons. The highest BCUT2D eigenvalue weighted by Crippen LogP contribution is 2.45. The molecule has 3 fully saturated rings. The monoisotopic (exact) mass is 399 g/mol. The molecular formula is C22H33N5O2. The lowest BCUT2D eigenvalue weighted by molar-refractivity contribution is -0.147. The average Bonchev–Trinajstić information content (AvgIpc) is 3.50. The van der Waals surface area contributed by atoms with Crippen molar-refractivity contribution < 1.29 is 9.59 Å². The highest BCUT2D eigenvalue weighted by molar-refractivity contribution is 5.83. The number of H-pyrrole nitrogens is 1. The Bertz CT molecular complexity index is 778. The van der Waals surface area contributed by atoms with Crippen LogP contribution in [0.3, 0.4) is 0 Å². The van der Waals surface area contributed by atoms with E-state index < -0.39 is 0 Å². The molecule has 1 spiro atoms. The third-order valence-corrected chi connectivity index (χ3v) is 7.66. The summed E-state index contributed by atoms with van der Waals surface area (Å²) in [5.41, 5.74) is 1.90. The predicted octanol–water partition coefficient (Wildman–Crippen LogP) is 1.90. The number of carbonyl (C=O) groups is 2. The Hall–Kier alpha value is -1.89. The number of amides is 2. The van der Waals surface area contributed by atoms with Gasteiger partial charge >= 0.3 is 0 Å². The molecule has 3 aliphatic heterocycles. The average molecular weight is 400 g/mol. The lowest BCUT2D eigenvalue weighted by Crippen LogP contribution is -2.61. The summed E-state index contributed by atoms with van der Waals surface area (Å²) in [5.74, 6) is 0.815. The first-order valence-corrected chi connectivity index (χ1v) is 11.5. The van der Waals surface area contributed by atoms with Crippen molar-refractivity contribution in [2.75, 3.05) is 32.7 Å². The standard InChI is InChI=1S/C22H33N5O2/c1-2-25-11-4-3-5-18(25)21(29)26-13-9-22(10-14-26)19-17(23-15-24-19)8-12-27(22)20(28)16-6-7-16/h15-16,18H,2-14H2,1H3,(H,23,24). The number of carbonyl (C=O) groups excluding carboxylic acids is 2. The van der Waals surface area contributed by atoms with E-state index in [1.807, 2.05) is 0 Å². The van der Waals surface area contributed by atoms with Crippen LogP contribution in [-0.2, 0) is 21.5 Å². The minimum Gasteiger partial charge on any atom is -0.348 e. The molecule has 2 amide bonds. The number of aromatic nitrogens is 2. The topological polar surface area (TPSA) is 72.5 Å². The Morgan fingerprint density at radius 3 is 2.62 bits per heavy atom. The molecule has 1 atom stereocenters. The van der Waals surface area contributed by atoms with Crippen LogP contribution in [0.25, 0.3) is 0 Å². The third kappa shape index (κ3) is 3.18. The van der Waals surface area contributed by atoms with Crippen molar-refractivity contribution in [3.63, 3.8) is 0 Å². The third-order valence-electron chi connectivity index (χ3n) is 7.66. The van der Waals surface area contributed by atoms with Gasteiger partial charge in [-0.2, -0.15) is 0 Å². The summed E-state index contributed by atoms with van der Waals surface area (Å²) in [6.45, 7) is 6.32. The highest BCUT2D eigenvalue weighted by atomic mass is 16.2. The van der Waals surface area contributed by atoms with E-state index in [0.717, 1.165) is 70.3 Å². The molecule has 4 aliphatic rings. The first-order valence-electron chi connectivity index (χ1n) is 11.5. The number of nitrogens with one attached hydrogen (secondary N) is 1. The predicted molar refractivity (Wildman–Crippen MR) is 109 cm³/mol. The van der Waals surface area contributed by atoms with Gasteiger partial charge in [0, 0.05) is 37.7 Å². The number of likely N-dealkylation sites (tertiary alicyclic amines) is 2. The molecular weight excluding hydrogens is 366 g/mol. The second-order valence-corrected chi connectivity index (χ2v) is 9.24. The Kier molecular flexibility index (Phi) is 4.88. The van der Waals surface area contributed by atoms with Gasteiger partial charge in [-0.3, -0.25) is 14.5 Å². The zero-order chi connectivity index (χ0) is 20.0. The van der Waals surface area contributed by atoms with Crippen LogP contribution in [0.4, 0.5) is 0 Å². The van der Waals surface area contributed by atoms with E-state index in [9.17, 15) is 9.59 Å². The van der Waals surface area contributed by atoms with Crippen LogP contribution in [-0.4, -0.2) is 75.2 Å². The Labute approximate surface area is 172 Å². The maximum absolute atomic E-state index is 13.3. The van der Waals surface area contributed by atoms with Gasteiger partial charge in [-0.25, -0.2) is 4.98 Å². The number of likely N-dealkylation sites (N-methyl/N-ethyl adjacent to an activating group) is 1. The summed E-state index contributed by atoms with van der Waals surface area (Å²) in [4.78, 5) is 40.9. The van der Waals surface area contributed by atoms with Gasteiger partial charge in [-0.15, -0.1) is 0 Å². The van der Waals surface area contributed by atoms with Crippen LogP contribution >= 0.6 is 0 Å². The minimum absolute atomic E-state index is 0.0410. The molecule has 1 aromatic rings.